The number of carboxylic acids is 1. The predicted molar refractivity (Wildman–Crippen MR) is 68.8 cm³/mol. The monoisotopic (exact) mass is 270 g/mol. The van der Waals surface area contributed by atoms with E-state index in [0.29, 0.717) is 6.54 Å². The Morgan fingerprint density at radius 3 is 2.47 bits per heavy atom. The Hall–Kier alpha value is -1.30. The van der Waals surface area contributed by atoms with Crippen molar-refractivity contribution in [2.75, 3.05) is 13.1 Å². The molecular formula is C13H22N2O4. The highest BCUT2D eigenvalue weighted by Gasteiger charge is 2.41. The molecule has 0 aromatic heterocycles. The molecule has 0 spiro atoms. The fourth-order valence-electron chi connectivity index (χ4n) is 3.19. The van der Waals surface area contributed by atoms with Gasteiger partial charge in [-0.15, -0.1) is 0 Å². The van der Waals surface area contributed by atoms with E-state index in [1.807, 2.05) is 6.92 Å². The number of hydrogen-bond donors (Lipinski definition) is 2. The van der Waals surface area contributed by atoms with Crippen molar-refractivity contribution in [2.45, 2.75) is 57.2 Å². The molecule has 6 heteroatoms. The Labute approximate surface area is 113 Å². The van der Waals surface area contributed by atoms with Gasteiger partial charge in [-0.05, 0) is 19.8 Å². The summed E-state index contributed by atoms with van der Waals surface area (Å²) in [7, 11) is 0. The van der Waals surface area contributed by atoms with Crippen LogP contribution in [0.1, 0.15) is 39.0 Å². The lowest BCUT2D eigenvalue weighted by atomic mass is 10.2. The maximum Gasteiger partial charge on any atom is 0.326 e. The molecule has 2 atom stereocenters. The number of β-amino-alcohol motifs (C(OH)–C–C–N with tert-alkyl or cyclic N) is 1. The number of hydrogen-bond acceptors (Lipinski definition) is 3. The van der Waals surface area contributed by atoms with Gasteiger partial charge in [-0.1, -0.05) is 12.8 Å². The molecule has 1 heterocycles. The van der Waals surface area contributed by atoms with Gasteiger partial charge in [0.1, 0.15) is 6.04 Å². The number of carboxylic acid groups (broad SMARTS) is 1. The van der Waals surface area contributed by atoms with E-state index in [9.17, 15) is 14.7 Å². The van der Waals surface area contributed by atoms with Gasteiger partial charge in [0.25, 0.3) is 0 Å². The first-order chi connectivity index (χ1) is 9.04. The first kappa shape index (κ1) is 14.1. The van der Waals surface area contributed by atoms with E-state index in [2.05, 4.69) is 0 Å². The molecule has 1 saturated heterocycles. The number of carbonyl (C=O) groups excluding carboxylic acids is 1. The minimum atomic E-state index is -1.03. The van der Waals surface area contributed by atoms with Crippen LogP contribution in [0.2, 0.25) is 0 Å². The van der Waals surface area contributed by atoms with Gasteiger partial charge < -0.3 is 20.0 Å². The van der Waals surface area contributed by atoms with Gasteiger partial charge in [-0.2, -0.15) is 0 Å². The second kappa shape index (κ2) is 5.77. The molecular weight excluding hydrogens is 248 g/mol. The van der Waals surface area contributed by atoms with Gasteiger partial charge in [0.2, 0.25) is 0 Å². The van der Waals surface area contributed by atoms with Crippen LogP contribution in [0.15, 0.2) is 0 Å². The summed E-state index contributed by atoms with van der Waals surface area (Å²) >= 11 is 0. The number of aliphatic carboxylic acids is 1. The third-order valence-corrected chi connectivity index (χ3v) is 4.16. The molecule has 108 valence electrons. The van der Waals surface area contributed by atoms with Crippen LogP contribution in [0.4, 0.5) is 4.79 Å². The van der Waals surface area contributed by atoms with Gasteiger partial charge in [-0.3, -0.25) is 0 Å². The zero-order valence-corrected chi connectivity index (χ0v) is 11.3. The number of nitrogens with zero attached hydrogens (tertiary/aromatic N) is 2. The Balaban J connectivity index is 2.09. The molecule has 0 aromatic carbocycles. The summed E-state index contributed by atoms with van der Waals surface area (Å²) in [5.41, 5.74) is 0. The Morgan fingerprint density at radius 1 is 1.32 bits per heavy atom. The normalized spacial score (nSPS) is 27.8. The van der Waals surface area contributed by atoms with Crippen LogP contribution < -0.4 is 0 Å². The lowest BCUT2D eigenvalue weighted by molar-refractivity contribution is -0.141. The van der Waals surface area contributed by atoms with Crippen molar-refractivity contribution in [3.05, 3.63) is 0 Å². The average molecular weight is 270 g/mol. The highest BCUT2D eigenvalue weighted by atomic mass is 16.4. The van der Waals surface area contributed by atoms with Crippen molar-refractivity contribution in [2.24, 2.45) is 0 Å². The summed E-state index contributed by atoms with van der Waals surface area (Å²) in [5, 5.41) is 18.8. The Bertz CT molecular complexity index is 355. The fraction of sp³-hybridized carbons (Fsp3) is 0.846. The number of amides is 2. The topological polar surface area (TPSA) is 81.1 Å². The van der Waals surface area contributed by atoms with Crippen LogP contribution in [0.5, 0.6) is 0 Å². The minimum absolute atomic E-state index is 0.124. The lowest BCUT2D eigenvalue weighted by Gasteiger charge is -2.33. The largest absolute Gasteiger partial charge is 0.480 e. The highest BCUT2D eigenvalue weighted by molar-refractivity contribution is 5.83. The Kier molecular flexibility index (Phi) is 4.29. The number of aliphatic hydroxyl groups is 1. The first-order valence-electron chi connectivity index (χ1n) is 7.02. The van der Waals surface area contributed by atoms with Gasteiger partial charge in [0.05, 0.1) is 6.10 Å². The smallest absolute Gasteiger partial charge is 0.326 e. The number of urea groups is 1. The zero-order valence-electron chi connectivity index (χ0n) is 11.3. The predicted octanol–water partition coefficient (Wildman–Crippen LogP) is 0.891. The van der Waals surface area contributed by atoms with Crippen LogP contribution >= 0.6 is 0 Å². The van der Waals surface area contributed by atoms with Crippen molar-refractivity contribution >= 4 is 12.0 Å². The molecule has 0 bridgehead atoms. The number of rotatable bonds is 3. The van der Waals surface area contributed by atoms with E-state index in [1.165, 1.54) is 4.90 Å². The molecule has 2 amide bonds. The number of aliphatic hydroxyl groups excluding tert-OH is 1. The summed E-state index contributed by atoms with van der Waals surface area (Å²) in [6.07, 6.45) is 3.64. The molecule has 6 nitrogen and oxygen atoms in total. The lowest BCUT2D eigenvalue weighted by Crippen LogP contribution is -2.51. The van der Waals surface area contributed by atoms with Crippen LogP contribution in [0.3, 0.4) is 0 Å². The third kappa shape index (κ3) is 2.83. The summed E-state index contributed by atoms with van der Waals surface area (Å²) in [5.74, 6) is -1.03. The maximum absolute atomic E-state index is 12.5. The van der Waals surface area contributed by atoms with Gasteiger partial charge in [-0.25, -0.2) is 9.59 Å². The Morgan fingerprint density at radius 2 is 1.95 bits per heavy atom. The summed E-state index contributed by atoms with van der Waals surface area (Å²) in [6, 6.07) is -0.902. The van der Waals surface area contributed by atoms with Crippen molar-refractivity contribution in [1.29, 1.82) is 0 Å². The standard InChI is InChI=1S/C13H22N2O4/c1-2-14(9-5-3-4-6-9)13(19)15-8-10(16)7-11(15)12(17)18/h9-11,16H,2-8H2,1H3,(H,17,18). The second-order valence-electron chi connectivity index (χ2n) is 5.40. The van der Waals surface area contributed by atoms with Crippen molar-refractivity contribution in [3.8, 4) is 0 Å². The molecule has 1 saturated carbocycles. The maximum atomic E-state index is 12.5. The first-order valence-corrected chi connectivity index (χ1v) is 7.02. The molecule has 1 aliphatic carbocycles. The van der Waals surface area contributed by atoms with E-state index in [1.54, 1.807) is 4.90 Å². The molecule has 0 radical (unpaired) electrons. The zero-order chi connectivity index (χ0) is 14.0. The third-order valence-electron chi connectivity index (χ3n) is 4.16. The van der Waals surface area contributed by atoms with Crippen molar-refractivity contribution < 1.29 is 19.8 Å². The number of carbonyl (C=O) groups is 2. The summed E-state index contributed by atoms with van der Waals surface area (Å²) < 4.78 is 0. The molecule has 2 aliphatic rings. The van der Waals surface area contributed by atoms with Crippen LogP contribution in [0, 0.1) is 0 Å². The van der Waals surface area contributed by atoms with Gasteiger partial charge >= 0.3 is 12.0 Å². The van der Waals surface area contributed by atoms with E-state index < -0.39 is 18.1 Å². The molecule has 0 aromatic rings. The quantitative estimate of drug-likeness (QED) is 0.798. The van der Waals surface area contributed by atoms with Crippen LogP contribution in [-0.2, 0) is 4.79 Å². The van der Waals surface area contributed by atoms with Gasteiger partial charge in [0, 0.05) is 25.6 Å². The summed E-state index contributed by atoms with van der Waals surface area (Å²) in [4.78, 5) is 26.8. The average Bonchev–Trinajstić information content (AvgIpc) is 2.99. The molecule has 2 rings (SSSR count). The van der Waals surface area contributed by atoms with Crippen LogP contribution in [-0.4, -0.2) is 63.3 Å². The number of likely N-dealkylation sites (tertiary alicyclic amines) is 1. The molecule has 2 fully saturated rings. The molecule has 2 N–H and O–H groups in total. The van der Waals surface area contributed by atoms with E-state index in [4.69, 9.17) is 5.11 Å². The highest BCUT2D eigenvalue weighted by Crippen LogP contribution is 2.27. The van der Waals surface area contributed by atoms with Crippen molar-refractivity contribution in [1.82, 2.24) is 9.80 Å². The van der Waals surface area contributed by atoms with Crippen LogP contribution in [0.25, 0.3) is 0 Å². The van der Waals surface area contributed by atoms with E-state index >= 15 is 0 Å². The fourth-order valence-corrected chi connectivity index (χ4v) is 3.19. The second-order valence-corrected chi connectivity index (χ2v) is 5.40. The van der Waals surface area contributed by atoms with Crippen molar-refractivity contribution in [3.63, 3.8) is 0 Å². The summed E-state index contributed by atoms with van der Waals surface area (Å²) in [6.45, 7) is 2.62. The molecule has 2 unspecified atom stereocenters. The minimum Gasteiger partial charge on any atom is -0.480 e. The van der Waals surface area contributed by atoms with E-state index in [-0.39, 0.29) is 25.0 Å². The molecule has 1 aliphatic heterocycles. The SMILES string of the molecule is CCN(C(=O)N1CC(O)CC1C(=O)O)C1CCCC1. The van der Waals surface area contributed by atoms with E-state index in [0.717, 1.165) is 25.7 Å². The van der Waals surface area contributed by atoms with Gasteiger partial charge in [0.15, 0.2) is 0 Å². The molecule has 19 heavy (non-hydrogen) atoms.